The van der Waals surface area contributed by atoms with E-state index in [1.807, 2.05) is 6.07 Å². The summed E-state index contributed by atoms with van der Waals surface area (Å²) in [4.78, 5) is 17.4. The summed E-state index contributed by atoms with van der Waals surface area (Å²) in [7, 11) is 0. The number of pyridine rings is 1. The second-order valence-corrected chi connectivity index (χ2v) is 4.95. The van der Waals surface area contributed by atoms with Crippen molar-refractivity contribution < 1.29 is 15.0 Å². The van der Waals surface area contributed by atoms with E-state index in [0.717, 1.165) is 31.5 Å². The standard InChI is InChI=1S/C14H20N2O3/c17-9-7-12-5-1-2-8-16(12)10-11-4-3-6-13(15-11)14(18)19/h3-4,6,12,17H,1-2,5,7-10H2,(H,18,19). The number of piperidine rings is 1. The van der Waals surface area contributed by atoms with E-state index < -0.39 is 5.97 Å². The highest BCUT2D eigenvalue weighted by Gasteiger charge is 2.22. The van der Waals surface area contributed by atoms with Crippen molar-refractivity contribution in [2.45, 2.75) is 38.3 Å². The van der Waals surface area contributed by atoms with Crippen LogP contribution in [0.15, 0.2) is 18.2 Å². The van der Waals surface area contributed by atoms with Crippen LogP contribution in [-0.2, 0) is 6.54 Å². The first-order chi connectivity index (χ1) is 9.20. The van der Waals surface area contributed by atoms with Gasteiger partial charge in [0.05, 0.1) is 5.69 Å². The van der Waals surface area contributed by atoms with Crippen LogP contribution >= 0.6 is 0 Å². The minimum absolute atomic E-state index is 0.0909. The van der Waals surface area contributed by atoms with Crippen LogP contribution in [0.5, 0.6) is 0 Å². The molecule has 0 aromatic carbocycles. The number of nitrogens with zero attached hydrogens (tertiary/aromatic N) is 2. The third-order valence-electron chi connectivity index (χ3n) is 3.60. The molecule has 2 N–H and O–H groups in total. The molecular formula is C14H20N2O3. The van der Waals surface area contributed by atoms with Crippen molar-refractivity contribution in [1.29, 1.82) is 0 Å². The molecule has 0 radical (unpaired) electrons. The van der Waals surface area contributed by atoms with Crippen molar-refractivity contribution in [2.24, 2.45) is 0 Å². The van der Waals surface area contributed by atoms with Gasteiger partial charge in [-0.2, -0.15) is 0 Å². The Kier molecular flexibility index (Phi) is 4.87. The number of rotatable bonds is 5. The minimum atomic E-state index is -0.993. The predicted molar refractivity (Wildman–Crippen MR) is 70.9 cm³/mol. The Morgan fingerprint density at radius 1 is 1.42 bits per heavy atom. The number of carboxylic acid groups (broad SMARTS) is 1. The van der Waals surface area contributed by atoms with Crippen LogP contribution in [0.2, 0.25) is 0 Å². The average molecular weight is 264 g/mol. The topological polar surface area (TPSA) is 73.7 Å². The van der Waals surface area contributed by atoms with Gasteiger partial charge in [0, 0.05) is 19.2 Å². The summed E-state index contributed by atoms with van der Waals surface area (Å²) in [6.45, 7) is 1.85. The molecule has 1 aliphatic heterocycles. The number of hydrogen-bond donors (Lipinski definition) is 2. The van der Waals surface area contributed by atoms with Gasteiger partial charge in [0.1, 0.15) is 5.69 Å². The molecule has 1 saturated heterocycles. The van der Waals surface area contributed by atoms with E-state index in [1.54, 1.807) is 6.07 Å². The Morgan fingerprint density at radius 3 is 3.00 bits per heavy atom. The molecule has 1 fully saturated rings. The van der Waals surface area contributed by atoms with Crippen LogP contribution in [0.1, 0.15) is 41.9 Å². The molecule has 2 rings (SSSR count). The van der Waals surface area contributed by atoms with Crippen LogP contribution in [0.25, 0.3) is 0 Å². The molecule has 5 heteroatoms. The highest BCUT2D eigenvalue weighted by Crippen LogP contribution is 2.21. The van der Waals surface area contributed by atoms with Crippen molar-refractivity contribution >= 4 is 5.97 Å². The minimum Gasteiger partial charge on any atom is -0.477 e. The van der Waals surface area contributed by atoms with E-state index >= 15 is 0 Å². The third kappa shape index (κ3) is 3.75. The molecule has 0 amide bonds. The van der Waals surface area contributed by atoms with Gasteiger partial charge in [-0.3, -0.25) is 4.90 Å². The third-order valence-corrected chi connectivity index (χ3v) is 3.60. The Morgan fingerprint density at radius 2 is 2.26 bits per heavy atom. The molecule has 1 aliphatic rings. The van der Waals surface area contributed by atoms with Gasteiger partial charge in [0.25, 0.3) is 0 Å². The highest BCUT2D eigenvalue weighted by molar-refractivity contribution is 5.85. The van der Waals surface area contributed by atoms with E-state index in [1.165, 1.54) is 12.5 Å². The van der Waals surface area contributed by atoms with Crippen molar-refractivity contribution in [2.75, 3.05) is 13.2 Å². The zero-order valence-electron chi connectivity index (χ0n) is 11.0. The van der Waals surface area contributed by atoms with Gasteiger partial charge in [-0.15, -0.1) is 0 Å². The van der Waals surface area contributed by atoms with Gasteiger partial charge < -0.3 is 10.2 Å². The maximum Gasteiger partial charge on any atom is 0.354 e. The molecule has 104 valence electrons. The molecule has 1 unspecified atom stereocenters. The number of aliphatic hydroxyl groups is 1. The highest BCUT2D eigenvalue weighted by atomic mass is 16.4. The number of aromatic carboxylic acids is 1. The number of carboxylic acids is 1. The quantitative estimate of drug-likeness (QED) is 0.843. The smallest absolute Gasteiger partial charge is 0.354 e. The largest absolute Gasteiger partial charge is 0.477 e. The van der Waals surface area contributed by atoms with Crippen molar-refractivity contribution in [3.8, 4) is 0 Å². The fourth-order valence-corrected chi connectivity index (χ4v) is 2.64. The number of aliphatic hydroxyl groups excluding tert-OH is 1. The molecular weight excluding hydrogens is 244 g/mol. The number of aromatic nitrogens is 1. The van der Waals surface area contributed by atoms with E-state index in [-0.39, 0.29) is 12.3 Å². The number of likely N-dealkylation sites (tertiary alicyclic amines) is 1. The normalized spacial score (nSPS) is 20.4. The Balaban J connectivity index is 2.06. The molecule has 1 atom stereocenters. The molecule has 0 spiro atoms. The van der Waals surface area contributed by atoms with Crippen LogP contribution in [0.3, 0.4) is 0 Å². The van der Waals surface area contributed by atoms with Crippen molar-refractivity contribution in [3.63, 3.8) is 0 Å². The number of carbonyl (C=O) groups is 1. The van der Waals surface area contributed by atoms with Gasteiger partial charge in [-0.25, -0.2) is 9.78 Å². The maximum absolute atomic E-state index is 10.9. The van der Waals surface area contributed by atoms with Crippen molar-refractivity contribution in [1.82, 2.24) is 9.88 Å². The van der Waals surface area contributed by atoms with E-state index in [9.17, 15) is 4.79 Å². The fraction of sp³-hybridized carbons (Fsp3) is 0.571. The van der Waals surface area contributed by atoms with E-state index in [2.05, 4.69) is 9.88 Å². The summed E-state index contributed by atoms with van der Waals surface area (Å²) in [6, 6.07) is 5.48. The lowest BCUT2D eigenvalue weighted by Gasteiger charge is -2.35. The zero-order valence-corrected chi connectivity index (χ0v) is 11.0. The molecule has 19 heavy (non-hydrogen) atoms. The van der Waals surface area contributed by atoms with Gasteiger partial charge in [-0.05, 0) is 37.9 Å². The van der Waals surface area contributed by atoms with Gasteiger partial charge in [-0.1, -0.05) is 12.5 Å². The zero-order chi connectivity index (χ0) is 13.7. The van der Waals surface area contributed by atoms with Crippen LogP contribution in [-0.4, -0.2) is 45.3 Å². The van der Waals surface area contributed by atoms with Gasteiger partial charge in [0.2, 0.25) is 0 Å². The summed E-state index contributed by atoms with van der Waals surface area (Å²) in [6.07, 6.45) is 4.22. The van der Waals surface area contributed by atoms with Crippen LogP contribution in [0, 0.1) is 0 Å². The Hall–Kier alpha value is -1.46. The second-order valence-electron chi connectivity index (χ2n) is 4.95. The molecule has 2 heterocycles. The number of hydrogen-bond acceptors (Lipinski definition) is 4. The monoisotopic (exact) mass is 264 g/mol. The molecule has 5 nitrogen and oxygen atoms in total. The predicted octanol–water partition coefficient (Wildman–Crippen LogP) is 1.52. The Bertz CT molecular complexity index is 434. The SMILES string of the molecule is O=C(O)c1cccc(CN2CCCCC2CCO)n1. The molecule has 0 saturated carbocycles. The van der Waals surface area contributed by atoms with Gasteiger partial charge in [0.15, 0.2) is 0 Å². The first kappa shape index (κ1) is 14.0. The van der Waals surface area contributed by atoms with E-state index in [4.69, 9.17) is 10.2 Å². The second kappa shape index (κ2) is 6.63. The summed E-state index contributed by atoms with van der Waals surface area (Å²) in [5.41, 5.74) is 0.873. The summed E-state index contributed by atoms with van der Waals surface area (Å²) in [5, 5.41) is 18.0. The van der Waals surface area contributed by atoms with Crippen LogP contribution < -0.4 is 0 Å². The molecule has 0 aliphatic carbocycles. The summed E-state index contributed by atoms with van der Waals surface area (Å²) in [5.74, 6) is -0.993. The lowest BCUT2D eigenvalue weighted by molar-refractivity contribution is 0.0689. The van der Waals surface area contributed by atoms with E-state index in [0.29, 0.717) is 12.6 Å². The first-order valence-corrected chi connectivity index (χ1v) is 6.75. The first-order valence-electron chi connectivity index (χ1n) is 6.75. The summed E-state index contributed by atoms with van der Waals surface area (Å²) < 4.78 is 0. The average Bonchev–Trinajstić information content (AvgIpc) is 2.41. The maximum atomic E-state index is 10.9. The lowest BCUT2D eigenvalue weighted by Crippen LogP contribution is -2.39. The Labute approximate surface area is 112 Å². The fourth-order valence-electron chi connectivity index (χ4n) is 2.64. The van der Waals surface area contributed by atoms with Gasteiger partial charge >= 0.3 is 5.97 Å². The molecule has 1 aromatic rings. The van der Waals surface area contributed by atoms with Crippen molar-refractivity contribution in [3.05, 3.63) is 29.6 Å². The summed E-state index contributed by atoms with van der Waals surface area (Å²) >= 11 is 0. The molecule has 1 aromatic heterocycles. The lowest BCUT2D eigenvalue weighted by atomic mass is 9.99. The molecule has 0 bridgehead atoms. The van der Waals surface area contributed by atoms with Crippen LogP contribution in [0.4, 0.5) is 0 Å².